The van der Waals surface area contributed by atoms with Crippen molar-refractivity contribution in [3.63, 3.8) is 0 Å². The number of amides is 1. The topological polar surface area (TPSA) is 108 Å². The number of nitrogens with one attached hydrogen (secondary N) is 2. The molecule has 0 atom stereocenters. The lowest BCUT2D eigenvalue weighted by Gasteiger charge is -2.32. The Morgan fingerprint density at radius 1 is 1.08 bits per heavy atom. The number of aromatic nitrogens is 1. The minimum absolute atomic E-state index is 0.199. The molecule has 0 bridgehead atoms. The number of carbonyl (C=O) groups excluding carboxylic acids is 1. The third kappa shape index (κ3) is 7.43. The fourth-order valence-electron chi connectivity index (χ4n) is 4.76. The van der Waals surface area contributed by atoms with E-state index < -0.39 is 0 Å². The van der Waals surface area contributed by atoms with Crippen LogP contribution < -0.4 is 15.8 Å². The first kappa shape index (κ1) is 28.3. The first-order valence-corrected chi connectivity index (χ1v) is 13.7. The third-order valence-corrected chi connectivity index (χ3v) is 7.17. The lowest BCUT2D eigenvalue weighted by molar-refractivity contribution is 0.102. The number of hydrogen-bond acceptors (Lipinski definition) is 7. The number of benzene rings is 2. The quantitative estimate of drug-likeness (QED) is 0.253. The van der Waals surface area contributed by atoms with Gasteiger partial charge in [0.05, 0.1) is 12.3 Å². The fourth-order valence-corrected chi connectivity index (χ4v) is 4.76. The molecule has 0 radical (unpaired) electrons. The lowest BCUT2D eigenvalue weighted by atomic mass is 10.0. The van der Waals surface area contributed by atoms with Gasteiger partial charge in [0.15, 0.2) is 0 Å². The average Bonchev–Trinajstić information content (AvgIpc) is 2.92. The fraction of sp³-hybridized carbons (Fsp3) is 0.387. The van der Waals surface area contributed by atoms with E-state index in [9.17, 15) is 4.79 Å². The van der Waals surface area contributed by atoms with Crippen LogP contribution in [0.3, 0.4) is 0 Å². The van der Waals surface area contributed by atoms with E-state index >= 15 is 0 Å². The largest absolute Gasteiger partial charge is 0.494 e. The third-order valence-electron chi connectivity index (χ3n) is 7.17. The number of nitrogens with two attached hydrogens (primary N) is 1. The molecule has 0 unspecified atom stereocenters. The number of aryl methyl sites for hydroxylation is 2. The SMILES string of the molecule is CCC(=N)c1ccc(-c2cc(NC(=O)c3cc(C)cc(OCCCN4CCN(C)CC4)c3)ccc2C)nc1N. The zero-order chi connectivity index (χ0) is 27.9. The number of hydrogen-bond donors (Lipinski definition) is 3. The van der Waals surface area contributed by atoms with E-state index in [4.69, 9.17) is 15.9 Å². The molecule has 1 fully saturated rings. The first-order valence-electron chi connectivity index (χ1n) is 13.7. The van der Waals surface area contributed by atoms with Crippen molar-refractivity contribution in [2.45, 2.75) is 33.6 Å². The van der Waals surface area contributed by atoms with Crippen LogP contribution in [-0.2, 0) is 0 Å². The van der Waals surface area contributed by atoms with Gasteiger partial charge < -0.3 is 31.0 Å². The lowest BCUT2D eigenvalue weighted by Crippen LogP contribution is -2.44. The molecule has 1 aromatic heterocycles. The maximum atomic E-state index is 13.2. The molecule has 1 aliphatic heterocycles. The maximum absolute atomic E-state index is 13.2. The van der Waals surface area contributed by atoms with Gasteiger partial charge in [0.2, 0.25) is 0 Å². The van der Waals surface area contributed by atoms with Gasteiger partial charge in [-0.2, -0.15) is 0 Å². The standard InChI is InChI=1S/C31H40N6O2/c1-5-28(32)26-9-10-29(35-30(26)33)27-20-24(8-7-22(27)3)34-31(38)23-17-21(2)18-25(19-23)39-16-6-11-37-14-12-36(4)13-15-37/h7-10,17-20,32H,5-6,11-16H2,1-4H3,(H2,33,35)(H,34,38). The van der Waals surface area contributed by atoms with E-state index in [1.54, 1.807) is 6.07 Å². The number of piperazine rings is 1. The smallest absolute Gasteiger partial charge is 0.255 e. The number of likely N-dealkylation sites (N-methyl/N-ethyl adjacent to an activating group) is 1. The summed E-state index contributed by atoms with van der Waals surface area (Å²) >= 11 is 0. The number of rotatable bonds is 10. The Bertz CT molecular complexity index is 1330. The van der Waals surface area contributed by atoms with Crippen LogP contribution in [0.25, 0.3) is 11.3 Å². The number of pyridine rings is 1. The minimum atomic E-state index is -0.199. The van der Waals surface area contributed by atoms with Crippen molar-refractivity contribution >= 4 is 23.1 Å². The van der Waals surface area contributed by atoms with E-state index in [1.165, 1.54) is 0 Å². The second-order valence-corrected chi connectivity index (χ2v) is 10.3. The molecule has 4 rings (SSSR count). The minimum Gasteiger partial charge on any atom is -0.494 e. The Morgan fingerprint density at radius 2 is 1.85 bits per heavy atom. The molecule has 1 aliphatic rings. The van der Waals surface area contributed by atoms with Crippen molar-refractivity contribution < 1.29 is 9.53 Å². The Labute approximate surface area is 231 Å². The highest BCUT2D eigenvalue weighted by Crippen LogP contribution is 2.28. The monoisotopic (exact) mass is 528 g/mol. The highest BCUT2D eigenvalue weighted by Gasteiger charge is 2.15. The van der Waals surface area contributed by atoms with Gasteiger partial charge in [0, 0.05) is 60.8 Å². The van der Waals surface area contributed by atoms with Crippen molar-refractivity contribution in [3.05, 3.63) is 70.8 Å². The zero-order valence-electron chi connectivity index (χ0n) is 23.5. The molecule has 0 spiro atoms. The second-order valence-electron chi connectivity index (χ2n) is 10.3. The molecule has 4 N–H and O–H groups in total. The Kier molecular flexibility index (Phi) is 9.32. The summed E-state index contributed by atoms with van der Waals surface area (Å²) in [6.07, 6.45) is 1.54. The van der Waals surface area contributed by atoms with Crippen molar-refractivity contribution in [1.82, 2.24) is 14.8 Å². The summed E-state index contributed by atoms with van der Waals surface area (Å²) in [5, 5.41) is 11.1. The highest BCUT2D eigenvalue weighted by atomic mass is 16.5. The summed E-state index contributed by atoms with van der Waals surface area (Å²) in [5.41, 5.74) is 12.1. The molecule has 1 amide bonds. The number of anilines is 2. The molecule has 2 aromatic carbocycles. The van der Waals surface area contributed by atoms with Crippen molar-refractivity contribution in [3.8, 4) is 17.0 Å². The summed E-state index contributed by atoms with van der Waals surface area (Å²) in [7, 11) is 2.16. The van der Waals surface area contributed by atoms with Crippen LogP contribution >= 0.6 is 0 Å². The van der Waals surface area contributed by atoms with Crippen LogP contribution in [0.5, 0.6) is 5.75 Å². The zero-order valence-corrected chi connectivity index (χ0v) is 23.5. The van der Waals surface area contributed by atoms with Gasteiger partial charge in [0.25, 0.3) is 5.91 Å². The highest BCUT2D eigenvalue weighted by molar-refractivity contribution is 6.05. The summed E-state index contributed by atoms with van der Waals surface area (Å²) in [5.74, 6) is 0.847. The predicted octanol–water partition coefficient (Wildman–Crippen LogP) is 4.99. The number of nitrogens with zero attached hydrogens (tertiary/aromatic N) is 3. The van der Waals surface area contributed by atoms with Crippen LogP contribution in [0, 0.1) is 19.3 Å². The molecular formula is C31H40N6O2. The molecule has 8 heteroatoms. The summed E-state index contributed by atoms with van der Waals surface area (Å²) in [6.45, 7) is 11.9. The average molecular weight is 529 g/mol. The Balaban J connectivity index is 1.41. The van der Waals surface area contributed by atoms with Gasteiger partial charge in [-0.15, -0.1) is 0 Å². The van der Waals surface area contributed by atoms with Crippen LogP contribution in [0.1, 0.15) is 46.8 Å². The van der Waals surface area contributed by atoms with E-state index in [0.717, 1.165) is 55.8 Å². The van der Waals surface area contributed by atoms with E-state index in [-0.39, 0.29) is 5.91 Å². The molecule has 8 nitrogen and oxygen atoms in total. The van der Waals surface area contributed by atoms with Crippen LogP contribution in [0.4, 0.5) is 11.5 Å². The maximum Gasteiger partial charge on any atom is 0.255 e. The predicted molar refractivity (Wildman–Crippen MR) is 159 cm³/mol. The van der Waals surface area contributed by atoms with Crippen molar-refractivity contribution in [1.29, 1.82) is 5.41 Å². The van der Waals surface area contributed by atoms with Crippen LogP contribution in [-0.4, -0.2) is 72.8 Å². The molecule has 39 heavy (non-hydrogen) atoms. The number of nitrogen functional groups attached to an aromatic ring is 1. The normalized spacial score (nSPS) is 14.3. The molecule has 0 saturated carbocycles. The van der Waals surface area contributed by atoms with Crippen LogP contribution in [0.15, 0.2) is 48.5 Å². The number of ether oxygens (including phenoxy) is 1. The molecule has 0 aliphatic carbocycles. The van der Waals surface area contributed by atoms with Gasteiger partial charge in [0.1, 0.15) is 11.6 Å². The molecule has 3 aromatic rings. The Hall–Kier alpha value is -3.75. The van der Waals surface area contributed by atoms with Gasteiger partial charge in [-0.1, -0.05) is 13.0 Å². The molecule has 1 saturated heterocycles. The molecular weight excluding hydrogens is 488 g/mol. The van der Waals surface area contributed by atoms with Gasteiger partial charge >= 0.3 is 0 Å². The Morgan fingerprint density at radius 3 is 2.56 bits per heavy atom. The van der Waals surface area contributed by atoms with Crippen molar-refractivity contribution in [2.75, 3.05) is 57.4 Å². The van der Waals surface area contributed by atoms with E-state index in [0.29, 0.717) is 52.8 Å². The van der Waals surface area contributed by atoms with Gasteiger partial charge in [-0.25, -0.2) is 4.98 Å². The van der Waals surface area contributed by atoms with Gasteiger partial charge in [-0.3, -0.25) is 4.79 Å². The number of carbonyl (C=O) groups is 1. The summed E-state index contributed by atoms with van der Waals surface area (Å²) < 4.78 is 6.03. The van der Waals surface area contributed by atoms with Gasteiger partial charge in [-0.05, 0) is 87.3 Å². The van der Waals surface area contributed by atoms with E-state index in [2.05, 4.69) is 27.1 Å². The molecule has 2 heterocycles. The summed E-state index contributed by atoms with van der Waals surface area (Å²) in [6, 6.07) is 15.1. The molecule has 206 valence electrons. The van der Waals surface area contributed by atoms with E-state index in [1.807, 2.05) is 63.2 Å². The first-order chi connectivity index (χ1) is 18.7. The second kappa shape index (κ2) is 12.9. The summed E-state index contributed by atoms with van der Waals surface area (Å²) in [4.78, 5) is 22.6. The van der Waals surface area contributed by atoms with Crippen molar-refractivity contribution in [2.24, 2.45) is 0 Å². The van der Waals surface area contributed by atoms with Crippen LogP contribution in [0.2, 0.25) is 0 Å².